The molecular weight excluding hydrogens is 293 g/mol. The number of carbonyl (C=O) groups excluding carboxylic acids is 1. The van der Waals surface area contributed by atoms with Gasteiger partial charge in [0.2, 0.25) is 0 Å². The smallest absolute Gasteiger partial charge is 0.134 e. The lowest BCUT2D eigenvalue weighted by atomic mass is 10.1. The van der Waals surface area contributed by atoms with E-state index in [-0.39, 0.29) is 11.6 Å². The number of pyridine rings is 1. The molecule has 0 amide bonds. The van der Waals surface area contributed by atoms with Gasteiger partial charge in [-0.25, -0.2) is 4.39 Å². The van der Waals surface area contributed by atoms with Gasteiger partial charge in [0.05, 0.1) is 5.52 Å². The zero-order chi connectivity index (χ0) is 16.2. The van der Waals surface area contributed by atoms with Gasteiger partial charge in [0.15, 0.2) is 0 Å². The number of aromatic nitrogens is 1. The summed E-state index contributed by atoms with van der Waals surface area (Å²) in [7, 11) is 0. The number of carbonyl (C=O) groups is 1. The fourth-order valence-electron chi connectivity index (χ4n) is 2.37. The number of Topliss-reactive ketones (excluding diaryl/α,β-unsaturated/α-hetero) is 1. The van der Waals surface area contributed by atoms with E-state index in [0.29, 0.717) is 18.8 Å². The van der Waals surface area contributed by atoms with Crippen molar-refractivity contribution < 1.29 is 13.9 Å². The first-order chi connectivity index (χ1) is 11.1. The standard InChI is InChI=1S/C19H16FNO2/c1-13(22)8-15-9-16-4-7-18(10-19(16)21-11-15)23-12-14-2-5-17(20)6-3-14/h2-7,9-11H,8,12H2,1H3. The molecule has 2 aromatic carbocycles. The Morgan fingerprint density at radius 3 is 2.61 bits per heavy atom. The summed E-state index contributed by atoms with van der Waals surface area (Å²) in [5, 5.41) is 0.970. The van der Waals surface area contributed by atoms with Gasteiger partial charge in [-0.1, -0.05) is 12.1 Å². The van der Waals surface area contributed by atoms with Crippen LogP contribution in [0, 0.1) is 5.82 Å². The van der Waals surface area contributed by atoms with Crippen LogP contribution < -0.4 is 4.74 Å². The summed E-state index contributed by atoms with van der Waals surface area (Å²) in [6.07, 6.45) is 2.11. The largest absolute Gasteiger partial charge is 0.489 e. The van der Waals surface area contributed by atoms with Crippen molar-refractivity contribution in [1.29, 1.82) is 0 Å². The Morgan fingerprint density at radius 1 is 1.09 bits per heavy atom. The Hall–Kier alpha value is -2.75. The lowest BCUT2D eigenvalue weighted by Gasteiger charge is -2.08. The number of benzene rings is 2. The second-order valence-corrected chi connectivity index (χ2v) is 5.49. The predicted molar refractivity (Wildman–Crippen MR) is 86.9 cm³/mol. The molecule has 0 saturated carbocycles. The summed E-state index contributed by atoms with van der Waals surface area (Å²) in [5.41, 5.74) is 2.62. The van der Waals surface area contributed by atoms with Gasteiger partial charge in [-0.3, -0.25) is 9.78 Å². The van der Waals surface area contributed by atoms with E-state index in [2.05, 4.69) is 4.98 Å². The topological polar surface area (TPSA) is 39.2 Å². The lowest BCUT2D eigenvalue weighted by Crippen LogP contribution is -1.98. The molecule has 116 valence electrons. The Morgan fingerprint density at radius 2 is 1.87 bits per heavy atom. The fraction of sp³-hybridized carbons (Fsp3) is 0.158. The molecule has 1 heterocycles. The highest BCUT2D eigenvalue weighted by molar-refractivity contribution is 5.83. The van der Waals surface area contributed by atoms with E-state index in [1.165, 1.54) is 12.1 Å². The quantitative estimate of drug-likeness (QED) is 0.713. The Bertz CT molecular complexity index is 844. The molecule has 0 saturated heterocycles. The monoisotopic (exact) mass is 309 g/mol. The Labute approximate surface area is 133 Å². The van der Waals surface area contributed by atoms with Gasteiger partial charge in [-0.2, -0.15) is 0 Å². The number of hydrogen-bond donors (Lipinski definition) is 0. The molecule has 23 heavy (non-hydrogen) atoms. The molecule has 0 radical (unpaired) electrons. The van der Waals surface area contributed by atoms with Crippen molar-refractivity contribution >= 4 is 16.7 Å². The Balaban J connectivity index is 1.74. The molecule has 0 aliphatic carbocycles. The molecule has 1 aromatic heterocycles. The molecule has 0 aliphatic rings. The number of fused-ring (bicyclic) bond motifs is 1. The summed E-state index contributed by atoms with van der Waals surface area (Å²) in [6.45, 7) is 1.94. The zero-order valence-corrected chi connectivity index (χ0v) is 12.8. The van der Waals surface area contributed by atoms with Crippen LogP contribution in [0.2, 0.25) is 0 Å². The third kappa shape index (κ3) is 3.92. The first-order valence-corrected chi connectivity index (χ1v) is 7.35. The van der Waals surface area contributed by atoms with Crippen molar-refractivity contribution in [3.05, 3.63) is 71.7 Å². The lowest BCUT2D eigenvalue weighted by molar-refractivity contribution is -0.116. The van der Waals surface area contributed by atoms with Crippen LogP contribution in [0.5, 0.6) is 5.75 Å². The molecular formula is C19H16FNO2. The van der Waals surface area contributed by atoms with E-state index in [0.717, 1.165) is 22.0 Å². The van der Waals surface area contributed by atoms with Gasteiger partial charge in [0, 0.05) is 24.1 Å². The van der Waals surface area contributed by atoms with Crippen LogP contribution in [0.4, 0.5) is 4.39 Å². The zero-order valence-electron chi connectivity index (χ0n) is 12.8. The number of nitrogens with zero attached hydrogens (tertiary/aromatic N) is 1. The van der Waals surface area contributed by atoms with Crippen LogP contribution in [0.15, 0.2) is 54.7 Å². The number of rotatable bonds is 5. The SMILES string of the molecule is CC(=O)Cc1cnc2cc(OCc3ccc(F)cc3)ccc2c1. The van der Waals surface area contributed by atoms with Gasteiger partial charge < -0.3 is 4.74 Å². The van der Waals surface area contributed by atoms with Crippen LogP contribution in [0.25, 0.3) is 10.9 Å². The predicted octanol–water partition coefficient (Wildman–Crippen LogP) is 4.08. The number of ether oxygens (including phenoxy) is 1. The van der Waals surface area contributed by atoms with E-state index >= 15 is 0 Å². The van der Waals surface area contributed by atoms with E-state index in [1.54, 1.807) is 25.3 Å². The van der Waals surface area contributed by atoms with Crippen LogP contribution in [0.1, 0.15) is 18.1 Å². The first-order valence-electron chi connectivity index (χ1n) is 7.35. The minimum Gasteiger partial charge on any atom is -0.489 e. The molecule has 0 atom stereocenters. The fourth-order valence-corrected chi connectivity index (χ4v) is 2.37. The molecule has 0 bridgehead atoms. The minimum atomic E-state index is -0.259. The molecule has 0 aliphatic heterocycles. The van der Waals surface area contributed by atoms with Crippen LogP contribution >= 0.6 is 0 Å². The van der Waals surface area contributed by atoms with Crippen LogP contribution in [0.3, 0.4) is 0 Å². The van der Waals surface area contributed by atoms with Crippen molar-refractivity contribution in [2.75, 3.05) is 0 Å². The van der Waals surface area contributed by atoms with E-state index in [1.807, 2.05) is 24.3 Å². The van der Waals surface area contributed by atoms with Gasteiger partial charge in [0.1, 0.15) is 24.0 Å². The molecule has 0 spiro atoms. The molecule has 0 N–H and O–H groups in total. The van der Waals surface area contributed by atoms with E-state index < -0.39 is 0 Å². The van der Waals surface area contributed by atoms with Crippen molar-refractivity contribution in [2.24, 2.45) is 0 Å². The number of halogens is 1. The minimum absolute atomic E-state index is 0.116. The second kappa shape index (κ2) is 6.57. The van der Waals surface area contributed by atoms with E-state index in [4.69, 9.17) is 4.74 Å². The molecule has 0 fully saturated rings. The van der Waals surface area contributed by atoms with Gasteiger partial charge in [-0.15, -0.1) is 0 Å². The maximum absolute atomic E-state index is 12.9. The summed E-state index contributed by atoms with van der Waals surface area (Å²) in [6, 6.07) is 13.8. The summed E-state index contributed by atoms with van der Waals surface area (Å²) in [5.74, 6) is 0.559. The summed E-state index contributed by atoms with van der Waals surface area (Å²) >= 11 is 0. The summed E-state index contributed by atoms with van der Waals surface area (Å²) in [4.78, 5) is 15.6. The average Bonchev–Trinajstić information content (AvgIpc) is 2.54. The van der Waals surface area contributed by atoms with Crippen molar-refractivity contribution in [1.82, 2.24) is 4.98 Å². The molecule has 3 aromatic rings. The third-order valence-electron chi connectivity index (χ3n) is 3.48. The van der Waals surface area contributed by atoms with E-state index in [9.17, 15) is 9.18 Å². The Kier molecular flexibility index (Phi) is 4.33. The normalized spacial score (nSPS) is 10.7. The first kappa shape index (κ1) is 15.2. The third-order valence-corrected chi connectivity index (χ3v) is 3.48. The van der Waals surface area contributed by atoms with Gasteiger partial charge in [-0.05, 0) is 48.4 Å². The highest BCUT2D eigenvalue weighted by Gasteiger charge is 2.03. The summed E-state index contributed by atoms with van der Waals surface area (Å²) < 4.78 is 18.6. The van der Waals surface area contributed by atoms with Crippen LogP contribution in [-0.4, -0.2) is 10.8 Å². The maximum atomic E-state index is 12.9. The van der Waals surface area contributed by atoms with Crippen molar-refractivity contribution in [3.8, 4) is 5.75 Å². The number of hydrogen-bond acceptors (Lipinski definition) is 3. The molecule has 3 rings (SSSR count). The molecule has 0 unspecified atom stereocenters. The van der Waals surface area contributed by atoms with Crippen LogP contribution in [-0.2, 0) is 17.8 Å². The highest BCUT2D eigenvalue weighted by Crippen LogP contribution is 2.21. The van der Waals surface area contributed by atoms with Crippen molar-refractivity contribution in [3.63, 3.8) is 0 Å². The van der Waals surface area contributed by atoms with Gasteiger partial charge >= 0.3 is 0 Å². The number of ketones is 1. The highest BCUT2D eigenvalue weighted by atomic mass is 19.1. The van der Waals surface area contributed by atoms with Gasteiger partial charge in [0.25, 0.3) is 0 Å². The molecule has 4 heteroatoms. The van der Waals surface area contributed by atoms with Crippen molar-refractivity contribution in [2.45, 2.75) is 20.0 Å². The molecule has 3 nitrogen and oxygen atoms in total. The average molecular weight is 309 g/mol. The maximum Gasteiger partial charge on any atom is 0.134 e. The second-order valence-electron chi connectivity index (χ2n) is 5.49.